The van der Waals surface area contributed by atoms with Gasteiger partial charge in [0.15, 0.2) is 11.2 Å². The SMILES string of the molecule is CN(CCCCCCn1cnc2c1c(=O)n(C)c(=O)n2C)C(=O)OC(C)(C)C. The monoisotopic (exact) mass is 393 g/mol. The molecule has 2 aromatic rings. The number of aryl methyl sites for hydroxylation is 2. The summed E-state index contributed by atoms with van der Waals surface area (Å²) in [5.41, 5.74) is -0.327. The molecule has 2 aromatic heterocycles. The number of fused-ring (bicyclic) bond motifs is 1. The van der Waals surface area contributed by atoms with Gasteiger partial charge < -0.3 is 14.2 Å². The van der Waals surface area contributed by atoms with Crippen LogP contribution in [-0.2, 0) is 25.4 Å². The van der Waals surface area contributed by atoms with E-state index < -0.39 is 5.60 Å². The smallest absolute Gasteiger partial charge is 0.410 e. The Hall–Kier alpha value is -2.58. The molecule has 0 aromatic carbocycles. The van der Waals surface area contributed by atoms with Crippen LogP contribution in [0.3, 0.4) is 0 Å². The molecule has 0 aliphatic heterocycles. The average molecular weight is 393 g/mol. The van der Waals surface area contributed by atoms with E-state index in [-0.39, 0.29) is 17.3 Å². The molecule has 0 unspecified atom stereocenters. The molecule has 2 rings (SSSR count). The van der Waals surface area contributed by atoms with Crippen LogP contribution in [0.15, 0.2) is 15.9 Å². The van der Waals surface area contributed by atoms with Crippen LogP contribution in [0.1, 0.15) is 46.5 Å². The molecule has 1 amide bonds. The Bertz CT molecular complexity index is 948. The summed E-state index contributed by atoms with van der Waals surface area (Å²) in [7, 11) is 4.83. The highest BCUT2D eigenvalue weighted by Crippen LogP contribution is 2.11. The van der Waals surface area contributed by atoms with Crippen molar-refractivity contribution in [3.8, 4) is 0 Å². The highest BCUT2D eigenvalue weighted by Gasteiger charge is 2.19. The Morgan fingerprint density at radius 3 is 2.39 bits per heavy atom. The molecule has 0 aliphatic rings. The Morgan fingerprint density at radius 2 is 1.75 bits per heavy atom. The van der Waals surface area contributed by atoms with E-state index in [2.05, 4.69) is 4.98 Å². The van der Waals surface area contributed by atoms with E-state index in [0.717, 1.165) is 30.3 Å². The minimum atomic E-state index is -0.487. The molecule has 156 valence electrons. The predicted octanol–water partition coefficient (Wildman–Crippen LogP) is 1.86. The standard InChI is InChI=1S/C19H31N5O4/c1-19(2,3)28-18(27)21(4)11-9-7-8-10-12-24-13-20-15-14(24)16(25)23(6)17(26)22(15)5/h13H,7-12H2,1-6H3. The van der Waals surface area contributed by atoms with Crippen molar-refractivity contribution < 1.29 is 9.53 Å². The van der Waals surface area contributed by atoms with Gasteiger partial charge in [0.05, 0.1) is 6.33 Å². The van der Waals surface area contributed by atoms with Gasteiger partial charge in [-0.2, -0.15) is 0 Å². The third kappa shape index (κ3) is 5.02. The topological polar surface area (TPSA) is 91.4 Å². The zero-order valence-electron chi connectivity index (χ0n) is 17.7. The van der Waals surface area contributed by atoms with Gasteiger partial charge in [0.25, 0.3) is 5.56 Å². The molecule has 0 saturated carbocycles. The second-order valence-electron chi connectivity index (χ2n) is 8.13. The normalized spacial score (nSPS) is 11.8. The molecule has 0 fully saturated rings. The van der Waals surface area contributed by atoms with E-state index in [1.165, 1.54) is 11.6 Å². The summed E-state index contributed by atoms with van der Waals surface area (Å²) >= 11 is 0. The first-order valence-electron chi connectivity index (χ1n) is 9.58. The summed E-state index contributed by atoms with van der Waals surface area (Å²) in [5, 5.41) is 0. The van der Waals surface area contributed by atoms with Crippen molar-refractivity contribution in [1.29, 1.82) is 0 Å². The lowest BCUT2D eigenvalue weighted by molar-refractivity contribution is 0.0296. The van der Waals surface area contributed by atoms with Gasteiger partial charge in [-0.1, -0.05) is 12.8 Å². The van der Waals surface area contributed by atoms with Gasteiger partial charge >= 0.3 is 11.8 Å². The largest absolute Gasteiger partial charge is 0.444 e. The fourth-order valence-electron chi connectivity index (χ4n) is 2.98. The summed E-state index contributed by atoms with van der Waals surface area (Å²) in [4.78, 5) is 42.1. The molecule has 0 saturated heterocycles. The fourth-order valence-corrected chi connectivity index (χ4v) is 2.98. The van der Waals surface area contributed by atoms with Crippen molar-refractivity contribution >= 4 is 17.3 Å². The molecule has 28 heavy (non-hydrogen) atoms. The number of rotatable bonds is 7. The maximum Gasteiger partial charge on any atom is 0.410 e. The van der Waals surface area contributed by atoms with Gasteiger partial charge in [-0.15, -0.1) is 0 Å². The molecule has 0 spiro atoms. The van der Waals surface area contributed by atoms with Gasteiger partial charge in [-0.05, 0) is 33.6 Å². The van der Waals surface area contributed by atoms with E-state index in [0.29, 0.717) is 24.3 Å². The maximum atomic E-state index is 12.4. The highest BCUT2D eigenvalue weighted by atomic mass is 16.6. The predicted molar refractivity (Wildman–Crippen MR) is 108 cm³/mol. The number of unbranched alkanes of at least 4 members (excludes halogenated alkanes) is 3. The number of nitrogens with zero attached hydrogens (tertiary/aromatic N) is 5. The summed E-state index contributed by atoms with van der Waals surface area (Å²) in [5.74, 6) is 0. The first kappa shape index (κ1) is 21.7. The lowest BCUT2D eigenvalue weighted by atomic mass is 10.2. The number of ether oxygens (including phenoxy) is 1. The Balaban J connectivity index is 1.83. The van der Waals surface area contributed by atoms with Crippen LogP contribution in [-0.4, -0.2) is 48.9 Å². The molecule has 0 bridgehead atoms. The summed E-state index contributed by atoms with van der Waals surface area (Å²) in [6, 6.07) is 0. The molecular weight excluding hydrogens is 362 g/mol. The van der Waals surface area contributed by atoms with Crippen LogP contribution in [0.5, 0.6) is 0 Å². The first-order chi connectivity index (χ1) is 13.0. The van der Waals surface area contributed by atoms with E-state index in [1.807, 2.05) is 25.3 Å². The maximum absolute atomic E-state index is 12.4. The van der Waals surface area contributed by atoms with Crippen LogP contribution >= 0.6 is 0 Å². The highest BCUT2D eigenvalue weighted by molar-refractivity contribution is 5.70. The average Bonchev–Trinajstić information content (AvgIpc) is 3.03. The van der Waals surface area contributed by atoms with Crippen LogP contribution in [0.2, 0.25) is 0 Å². The molecular formula is C19H31N5O4. The van der Waals surface area contributed by atoms with Crippen LogP contribution in [0, 0.1) is 0 Å². The Kier molecular flexibility index (Phi) is 6.69. The minimum absolute atomic E-state index is 0.307. The van der Waals surface area contributed by atoms with Crippen LogP contribution in [0.4, 0.5) is 4.79 Å². The lowest BCUT2D eigenvalue weighted by Crippen LogP contribution is -2.37. The molecule has 0 aliphatic carbocycles. The zero-order valence-corrected chi connectivity index (χ0v) is 17.7. The first-order valence-corrected chi connectivity index (χ1v) is 9.58. The number of carbonyl (C=O) groups is 1. The number of carbonyl (C=O) groups excluding carboxylic acids is 1. The second-order valence-corrected chi connectivity index (χ2v) is 8.13. The number of amides is 1. The molecule has 0 N–H and O–H groups in total. The van der Waals surface area contributed by atoms with Crippen LogP contribution in [0.25, 0.3) is 11.2 Å². The summed E-state index contributed by atoms with van der Waals surface area (Å²) < 4.78 is 9.63. The van der Waals surface area contributed by atoms with E-state index in [1.54, 1.807) is 25.3 Å². The number of hydrogen-bond donors (Lipinski definition) is 0. The van der Waals surface area contributed by atoms with Crippen LogP contribution < -0.4 is 11.2 Å². The molecule has 9 heteroatoms. The summed E-state index contributed by atoms with van der Waals surface area (Å²) in [6.45, 7) is 6.86. The molecule has 2 heterocycles. The van der Waals surface area contributed by atoms with Gasteiger partial charge in [0.1, 0.15) is 5.60 Å². The van der Waals surface area contributed by atoms with Crippen molar-refractivity contribution in [3.63, 3.8) is 0 Å². The van der Waals surface area contributed by atoms with E-state index in [9.17, 15) is 14.4 Å². The number of imidazole rings is 1. The van der Waals surface area contributed by atoms with Gasteiger partial charge in [-0.25, -0.2) is 14.6 Å². The quantitative estimate of drug-likeness (QED) is 0.670. The third-order valence-corrected chi connectivity index (χ3v) is 4.56. The van der Waals surface area contributed by atoms with Crippen molar-refractivity contribution in [3.05, 3.63) is 27.2 Å². The third-order valence-electron chi connectivity index (χ3n) is 4.56. The Morgan fingerprint density at radius 1 is 1.11 bits per heavy atom. The van der Waals surface area contributed by atoms with Gasteiger partial charge in [0.2, 0.25) is 0 Å². The van der Waals surface area contributed by atoms with Gasteiger partial charge in [0, 0.05) is 34.2 Å². The Labute approximate surface area is 164 Å². The zero-order chi connectivity index (χ0) is 21.1. The van der Waals surface area contributed by atoms with Crippen molar-refractivity contribution in [2.75, 3.05) is 13.6 Å². The molecule has 0 atom stereocenters. The van der Waals surface area contributed by atoms with Crippen molar-refractivity contribution in [1.82, 2.24) is 23.6 Å². The number of aromatic nitrogens is 4. The lowest BCUT2D eigenvalue weighted by Gasteiger charge is -2.24. The minimum Gasteiger partial charge on any atom is -0.444 e. The van der Waals surface area contributed by atoms with Gasteiger partial charge in [-0.3, -0.25) is 13.9 Å². The second kappa shape index (κ2) is 8.62. The van der Waals surface area contributed by atoms with E-state index in [4.69, 9.17) is 4.74 Å². The molecule has 0 radical (unpaired) electrons. The number of hydrogen-bond acceptors (Lipinski definition) is 5. The van der Waals surface area contributed by atoms with E-state index >= 15 is 0 Å². The van der Waals surface area contributed by atoms with Crippen molar-refractivity contribution in [2.24, 2.45) is 14.1 Å². The molecule has 9 nitrogen and oxygen atoms in total. The van der Waals surface area contributed by atoms with Crippen molar-refractivity contribution in [2.45, 2.75) is 58.6 Å². The fraction of sp³-hybridized carbons (Fsp3) is 0.684. The summed E-state index contributed by atoms with van der Waals surface area (Å²) in [6.07, 6.45) is 5.01.